The summed E-state index contributed by atoms with van der Waals surface area (Å²) in [6, 6.07) is 3.76. The van der Waals surface area contributed by atoms with Crippen LogP contribution in [-0.2, 0) is 9.53 Å². The number of hydrogen-bond acceptors (Lipinski definition) is 3. The SMILES string of the molecule is O=C1NN=C(OC2CC2)/C1=C\c1ccc[nH]1. The zero-order chi connectivity index (χ0) is 11.0. The Kier molecular flexibility index (Phi) is 2.02. The fourth-order valence-corrected chi connectivity index (χ4v) is 1.47. The van der Waals surface area contributed by atoms with Crippen LogP contribution in [0.4, 0.5) is 0 Å². The smallest absolute Gasteiger partial charge is 0.277 e. The molecule has 3 rings (SSSR count). The number of ether oxygens (including phenoxy) is 1. The Morgan fingerprint density at radius 1 is 1.50 bits per heavy atom. The predicted molar refractivity (Wildman–Crippen MR) is 58.5 cm³/mol. The van der Waals surface area contributed by atoms with Gasteiger partial charge >= 0.3 is 0 Å². The van der Waals surface area contributed by atoms with Crippen LogP contribution in [0.15, 0.2) is 29.0 Å². The van der Waals surface area contributed by atoms with Crippen molar-refractivity contribution in [3.8, 4) is 0 Å². The lowest BCUT2D eigenvalue weighted by Crippen LogP contribution is -2.14. The van der Waals surface area contributed by atoms with E-state index >= 15 is 0 Å². The van der Waals surface area contributed by atoms with Gasteiger partial charge in [-0.15, -0.1) is 5.10 Å². The van der Waals surface area contributed by atoms with Gasteiger partial charge in [-0.25, -0.2) is 5.43 Å². The number of aromatic nitrogens is 1. The first-order chi connectivity index (χ1) is 7.83. The molecule has 1 aliphatic carbocycles. The average Bonchev–Trinajstić information content (AvgIpc) is 2.82. The number of amides is 1. The molecule has 5 nitrogen and oxygen atoms in total. The summed E-state index contributed by atoms with van der Waals surface area (Å²) in [5, 5.41) is 3.87. The molecule has 1 aromatic rings. The van der Waals surface area contributed by atoms with Crippen molar-refractivity contribution >= 4 is 17.9 Å². The maximum atomic E-state index is 11.5. The molecule has 1 aliphatic heterocycles. The molecule has 0 atom stereocenters. The van der Waals surface area contributed by atoms with Gasteiger partial charge in [0.05, 0.1) is 0 Å². The van der Waals surface area contributed by atoms with Crippen LogP contribution >= 0.6 is 0 Å². The molecule has 0 bridgehead atoms. The Morgan fingerprint density at radius 2 is 2.38 bits per heavy atom. The van der Waals surface area contributed by atoms with Crippen molar-refractivity contribution in [2.45, 2.75) is 18.9 Å². The summed E-state index contributed by atoms with van der Waals surface area (Å²) < 4.78 is 5.54. The van der Waals surface area contributed by atoms with Crippen LogP contribution in [0.5, 0.6) is 0 Å². The molecular weight excluding hydrogens is 206 g/mol. The molecule has 5 heteroatoms. The van der Waals surface area contributed by atoms with Crippen LogP contribution in [-0.4, -0.2) is 22.9 Å². The van der Waals surface area contributed by atoms with E-state index in [-0.39, 0.29) is 12.0 Å². The Bertz CT molecular complexity index is 469. The van der Waals surface area contributed by atoms with Crippen molar-refractivity contribution in [1.29, 1.82) is 0 Å². The quantitative estimate of drug-likeness (QED) is 0.726. The van der Waals surface area contributed by atoms with Crippen molar-refractivity contribution in [2.75, 3.05) is 0 Å². The number of aromatic amines is 1. The summed E-state index contributed by atoms with van der Waals surface area (Å²) in [6.45, 7) is 0. The number of carbonyl (C=O) groups excluding carboxylic acids is 1. The normalized spacial score (nSPS) is 22.1. The molecule has 2 aliphatic rings. The molecule has 1 aromatic heterocycles. The van der Waals surface area contributed by atoms with Crippen molar-refractivity contribution in [3.63, 3.8) is 0 Å². The van der Waals surface area contributed by atoms with E-state index < -0.39 is 0 Å². The number of H-pyrrole nitrogens is 1. The van der Waals surface area contributed by atoms with Gasteiger partial charge in [-0.1, -0.05) is 0 Å². The topological polar surface area (TPSA) is 66.5 Å². The van der Waals surface area contributed by atoms with E-state index in [2.05, 4.69) is 15.5 Å². The lowest BCUT2D eigenvalue weighted by atomic mass is 10.2. The van der Waals surface area contributed by atoms with E-state index in [0.717, 1.165) is 18.5 Å². The molecule has 0 spiro atoms. The minimum Gasteiger partial charge on any atom is -0.473 e. The van der Waals surface area contributed by atoms with Crippen molar-refractivity contribution in [3.05, 3.63) is 29.6 Å². The second kappa shape index (κ2) is 3.52. The van der Waals surface area contributed by atoms with E-state index in [9.17, 15) is 4.79 Å². The van der Waals surface area contributed by atoms with Gasteiger partial charge in [0.1, 0.15) is 11.7 Å². The number of rotatable bonds is 2. The lowest BCUT2D eigenvalue weighted by Gasteiger charge is -2.02. The first-order valence-corrected chi connectivity index (χ1v) is 5.23. The monoisotopic (exact) mass is 217 g/mol. The van der Waals surface area contributed by atoms with Crippen LogP contribution in [0.25, 0.3) is 6.08 Å². The second-order valence-electron chi connectivity index (χ2n) is 3.86. The minimum absolute atomic E-state index is 0.217. The molecule has 0 aromatic carbocycles. The van der Waals surface area contributed by atoms with Gasteiger partial charge in [0.15, 0.2) is 0 Å². The zero-order valence-electron chi connectivity index (χ0n) is 8.56. The van der Waals surface area contributed by atoms with Crippen LogP contribution in [0.3, 0.4) is 0 Å². The molecule has 2 heterocycles. The number of nitrogens with zero attached hydrogens (tertiary/aromatic N) is 1. The highest BCUT2D eigenvalue weighted by atomic mass is 16.5. The highest BCUT2D eigenvalue weighted by molar-refractivity contribution is 6.24. The third-order valence-electron chi connectivity index (χ3n) is 2.46. The molecule has 1 fully saturated rings. The van der Waals surface area contributed by atoms with Gasteiger partial charge in [-0.2, -0.15) is 0 Å². The molecule has 0 radical (unpaired) electrons. The summed E-state index contributed by atoms with van der Waals surface area (Å²) in [7, 11) is 0. The van der Waals surface area contributed by atoms with Gasteiger partial charge in [0, 0.05) is 11.9 Å². The number of hydrogen-bond donors (Lipinski definition) is 2. The summed E-state index contributed by atoms with van der Waals surface area (Å²) >= 11 is 0. The third-order valence-corrected chi connectivity index (χ3v) is 2.46. The van der Waals surface area contributed by atoms with Gasteiger partial charge in [-0.05, 0) is 31.1 Å². The molecular formula is C11H11N3O2. The largest absolute Gasteiger partial charge is 0.473 e. The minimum atomic E-state index is -0.217. The third kappa shape index (κ3) is 1.71. The van der Waals surface area contributed by atoms with E-state index in [1.54, 1.807) is 12.3 Å². The summed E-state index contributed by atoms with van der Waals surface area (Å²) in [6.07, 6.45) is 5.87. The van der Waals surface area contributed by atoms with Gasteiger partial charge < -0.3 is 9.72 Å². The number of nitrogens with one attached hydrogen (secondary N) is 2. The van der Waals surface area contributed by atoms with E-state index in [0.29, 0.717) is 11.5 Å². The zero-order valence-corrected chi connectivity index (χ0v) is 8.56. The summed E-state index contributed by atoms with van der Waals surface area (Å²) in [5.41, 5.74) is 3.75. The van der Waals surface area contributed by atoms with E-state index in [1.807, 2.05) is 12.1 Å². The molecule has 16 heavy (non-hydrogen) atoms. The Hall–Kier alpha value is -2.04. The standard InChI is InChI=1S/C11H11N3O2/c15-10-9(6-7-2-1-5-12-7)11(14-13-10)16-8-3-4-8/h1-2,5-6,8,12H,3-4H2,(H,13,15)/b9-6-. The maximum absolute atomic E-state index is 11.5. The second-order valence-corrected chi connectivity index (χ2v) is 3.86. The van der Waals surface area contributed by atoms with Crippen LogP contribution in [0.2, 0.25) is 0 Å². The fourth-order valence-electron chi connectivity index (χ4n) is 1.47. The molecule has 2 N–H and O–H groups in total. The van der Waals surface area contributed by atoms with Crippen molar-refractivity contribution in [2.24, 2.45) is 5.10 Å². The fraction of sp³-hybridized carbons (Fsp3) is 0.273. The maximum Gasteiger partial charge on any atom is 0.277 e. The van der Waals surface area contributed by atoms with Crippen molar-refractivity contribution in [1.82, 2.24) is 10.4 Å². The van der Waals surface area contributed by atoms with Gasteiger partial charge in [-0.3, -0.25) is 4.79 Å². The summed E-state index contributed by atoms with van der Waals surface area (Å²) in [4.78, 5) is 14.5. The first-order valence-electron chi connectivity index (χ1n) is 5.23. The van der Waals surface area contributed by atoms with Gasteiger partial charge in [0.2, 0.25) is 5.90 Å². The van der Waals surface area contributed by atoms with Crippen LogP contribution in [0, 0.1) is 0 Å². The predicted octanol–water partition coefficient (Wildman–Crippen LogP) is 1.02. The molecule has 1 saturated carbocycles. The Balaban J connectivity index is 1.85. The van der Waals surface area contributed by atoms with E-state index in [4.69, 9.17) is 4.74 Å². The molecule has 0 unspecified atom stereocenters. The highest BCUT2D eigenvalue weighted by Crippen LogP contribution is 2.26. The molecule has 1 amide bonds. The van der Waals surface area contributed by atoms with Crippen LogP contribution in [0.1, 0.15) is 18.5 Å². The van der Waals surface area contributed by atoms with Crippen molar-refractivity contribution < 1.29 is 9.53 Å². The lowest BCUT2D eigenvalue weighted by molar-refractivity contribution is -0.116. The molecule has 82 valence electrons. The highest BCUT2D eigenvalue weighted by Gasteiger charge is 2.31. The van der Waals surface area contributed by atoms with E-state index in [1.165, 1.54) is 0 Å². The Morgan fingerprint density at radius 3 is 3.06 bits per heavy atom. The van der Waals surface area contributed by atoms with Gasteiger partial charge in [0.25, 0.3) is 5.91 Å². The first kappa shape index (κ1) is 9.21. The number of hydrazone groups is 1. The Labute approximate surface area is 92.2 Å². The average molecular weight is 217 g/mol. The summed E-state index contributed by atoms with van der Waals surface area (Å²) in [5.74, 6) is 0.187. The molecule has 0 saturated heterocycles. The number of carbonyl (C=O) groups is 1. The van der Waals surface area contributed by atoms with Crippen LogP contribution < -0.4 is 5.43 Å².